The first-order chi connectivity index (χ1) is 16.9. The molecule has 1 aliphatic rings. The van der Waals surface area contributed by atoms with Gasteiger partial charge in [0.1, 0.15) is 11.6 Å². The van der Waals surface area contributed by atoms with Crippen molar-refractivity contribution in [1.82, 2.24) is 15.0 Å². The van der Waals surface area contributed by atoms with Crippen LogP contribution >= 0.6 is 0 Å². The van der Waals surface area contributed by atoms with Gasteiger partial charge in [0.15, 0.2) is 0 Å². The number of aromatic nitrogens is 3. The summed E-state index contributed by atoms with van der Waals surface area (Å²) in [7, 11) is 3.91. The summed E-state index contributed by atoms with van der Waals surface area (Å²) in [4.78, 5) is 29.4. The first-order valence-electron chi connectivity index (χ1n) is 11.8. The molecule has 0 unspecified atom stereocenters. The predicted octanol–water partition coefficient (Wildman–Crippen LogP) is 4.33. The number of fused-ring (bicyclic) bond motifs is 1. The highest BCUT2D eigenvalue weighted by Gasteiger charge is 2.19. The van der Waals surface area contributed by atoms with Gasteiger partial charge in [-0.1, -0.05) is 6.07 Å². The fourth-order valence-corrected chi connectivity index (χ4v) is 4.51. The van der Waals surface area contributed by atoms with E-state index in [0.29, 0.717) is 16.9 Å². The Kier molecular flexibility index (Phi) is 6.13. The van der Waals surface area contributed by atoms with Gasteiger partial charge in [-0.25, -0.2) is 9.97 Å². The number of ether oxygens (including phenoxy) is 1. The number of aromatic amines is 1. The molecule has 1 atom stereocenters. The largest absolute Gasteiger partial charge is 0.375 e. The smallest absolute Gasteiger partial charge is 0.259 e. The number of anilines is 4. The van der Waals surface area contributed by atoms with Crippen molar-refractivity contribution in [2.75, 3.05) is 48.9 Å². The topological polar surface area (TPSA) is 86.4 Å². The minimum absolute atomic E-state index is 0.185. The lowest BCUT2D eigenvalue weighted by Crippen LogP contribution is -2.41. The Labute approximate surface area is 204 Å². The van der Waals surface area contributed by atoms with Crippen molar-refractivity contribution in [2.24, 2.45) is 0 Å². The Morgan fingerprint density at radius 1 is 1.11 bits per heavy atom. The van der Waals surface area contributed by atoms with Crippen LogP contribution in [-0.2, 0) is 4.74 Å². The number of nitrogens with zero attached hydrogens (tertiary/aromatic N) is 4. The molecule has 0 radical (unpaired) electrons. The van der Waals surface area contributed by atoms with Gasteiger partial charge < -0.3 is 24.8 Å². The molecular formula is C27H30N6O2. The fraction of sp³-hybridized carbons (Fsp3) is 0.296. The number of nitrogens with one attached hydrogen (secondary N) is 2. The highest BCUT2D eigenvalue weighted by atomic mass is 16.5. The maximum atomic E-state index is 12.8. The Bertz CT molecular complexity index is 1430. The average Bonchev–Trinajstić information content (AvgIpc) is 2.84. The van der Waals surface area contributed by atoms with E-state index in [1.54, 1.807) is 6.20 Å². The second-order valence-electron chi connectivity index (χ2n) is 9.16. The van der Waals surface area contributed by atoms with Gasteiger partial charge in [0, 0.05) is 44.8 Å². The van der Waals surface area contributed by atoms with Crippen molar-refractivity contribution < 1.29 is 4.74 Å². The van der Waals surface area contributed by atoms with Gasteiger partial charge in [-0.2, -0.15) is 0 Å². The molecule has 1 aliphatic heterocycles. The number of hydrogen-bond acceptors (Lipinski definition) is 7. The minimum atomic E-state index is -0.185. The summed E-state index contributed by atoms with van der Waals surface area (Å²) in [6.45, 7) is 6.68. The van der Waals surface area contributed by atoms with E-state index in [1.807, 2.05) is 55.4 Å². The SMILES string of the molecule is Cc1cc(Nc2nc(-c3cccc(N(C)C)n3)cc3cc[nH]c(=O)c23)ccc1N1CCO[C@H](C)C1. The van der Waals surface area contributed by atoms with Gasteiger partial charge >= 0.3 is 0 Å². The predicted molar refractivity (Wildman–Crippen MR) is 142 cm³/mol. The number of aryl methyl sites for hydroxylation is 1. The van der Waals surface area contributed by atoms with Crippen molar-refractivity contribution in [1.29, 1.82) is 0 Å². The zero-order chi connectivity index (χ0) is 24.5. The maximum absolute atomic E-state index is 12.8. The van der Waals surface area contributed by atoms with Crippen LogP contribution in [0.4, 0.5) is 23.0 Å². The Hall–Kier alpha value is -3.91. The summed E-state index contributed by atoms with van der Waals surface area (Å²) in [6, 6.07) is 15.9. The molecule has 1 fully saturated rings. The van der Waals surface area contributed by atoms with E-state index < -0.39 is 0 Å². The highest BCUT2D eigenvalue weighted by molar-refractivity contribution is 5.95. The molecule has 0 bridgehead atoms. The van der Waals surface area contributed by atoms with E-state index in [4.69, 9.17) is 14.7 Å². The van der Waals surface area contributed by atoms with Crippen LogP contribution < -0.4 is 20.7 Å². The van der Waals surface area contributed by atoms with Gasteiger partial charge in [0.2, 0.25) is 0 Å². The van der Waals surface area contributed by atoms with Crippen molar-refractivity contribution >= 4 is 33.8 Å². The molecule has 0 aliphatic carbocycles. The minimum Gasteiger partial charge on any atom is -0.375 e. The summed E-state index contributed by atoms with van der Waals surface area (Å²) >= 11 is 0. The van der Waals surface area contributed by atoms with E-state index in [1.165, 1.54) is 5.69 Å². The molecule has 180 valence electrons. The second-order valence-corrected chi connectivity index (χ2v) is 9.16. The number of benzene rings is 1. The van der Waals surface area contributed by atoms with Gasteiger partial charge in [0.05, 0.1) is 29.5 Å². The lowest BCUT2D eigenvalue weighted by atomic mass is 10.1. The molecule has 1 saturated heterocycles. The van der Waals surface area contributed by atoms with Gasteiger partial charge in [-0.15, -0.1) is 0 Å². The lowest BCUT2D eigenvalue weighted by molar-refractivity contribution is 0.0532. The third-order valence-corrected chi connectivity index (χ3v) is 6.25. The van der Waals surface area contributed by atoms with Crippen molar-refractivity contribution in [3.63, 3.8) is 0 Å². The van der Waals surface area contributed by atoms with Crippen LogP contribution in [0.15, 0.2) is 59.5 Å². The molecular weight excluding hydrogens is 440 g/mol. The molecule has 2 N–H and O–H groups in total. The summed E-state index contributed by atoms with van der Waals surface area (Å²) < 4.78 is 5.69. The molecule has 1 aromatic carbocycles. The number of H-pyrrole nitrogens is 1. The number of pyridine rings is 3. The first-order valence-corrected chi connectivity index (χ1v) is 11.8. The van der Waals surface area contributed by atoms with Crippen LogP contribution in [-0.4, -0.2) is 54.8 Å². The Morgan fingerprint density at radius 2 is 1.97 bits per heavy atom. The monoisotopic (exact) mass is 470 g/mol. The van der Waals surface area contributed by atoms with Crippen LogP contribution in [0, 0.1) is 6.92 Å². The number of hydrogen-bond donors (Lipinski definition) is 2. The van der Waals surface area contributed by atoms with Crippen molar-refractivity contribution in [3.05, 3.63) is 70.6 Å². The van der Waals surface area contributed by atoms with Crippen molar-refractivity contribution in [2.45, 2.75) is 20.0 Å². The van der Waals surface area contributed by atoms with Crippen LogP contribution in [0.2, 0.25) is 0 Å². The quantitative estimate of drug-likeness (QED) is 0.449. The Morgan fingerprint density at radius 3 is 2.74 bits per heavy atom. The molecule has 0 spiro atoms. The van der Waals surface area contributed by atoms with Crippen LogP contribution in [0.25, 0.3) is 22.2 Å². The standard InChI is InChI=1S/C27H30N6O2/c1-17-14-20(8-9-23(17)33-12-13-35-18(2)16-33)29-26-25-19(10-11-28-27(25)34)15-22(31-26)21-6-5-7-24(30-21)32(3)4/h5-11,14-15,18H,12-13,16H2,1-4H3,(H,28,34)(H,29,31)/t18-/m1/s1. The highest BCUT2D eigenvalue weighted by Crippen LogP contribution is 2.30. The molecule has 8 heteroatoms. The molecule has 4 aromatic rings. The lowest BCUT2D eigenvalue weighted by Gasteiger charge is -2.34. The van der Waals surface area contributed by atoms with Crippen LogP contribution in [0.1, 0.15) is 12.5 Å². The van der Waals surface area contributed by atoms with Crippen molar-refractivity contribution in [3.8, 4) is 11.4 Å². The Balaban J connectivity index is 1.54. The molecule has 8 nitrogen and oxygen atoms in total. The zero-order valence-electron chi connectivity index (χ0n) is 20.5. The first kappa shape index (κ1) is 22.9. The van der Waals surface area contributed by atoms with Crippen LogP contribution in [0.5, 0.6) is 0 Å². The van der Waals surface area contributed by atoms with Gasteiger partial charge in [0.25, 0.3) is 5.56 Å². The fourth-order valence-electron chi connectivity index (χ4n) is 4.51. The molecule has 5 rings (SSSR count). The second kappa shape index (κ2) is 9.38. The van der Waals surface area contributed by atoms with E-state index in [9.17, 15) is 4.79 Å². The van der Waals surface area contributed by atoms with Crippen LogP contribution in [0.3, 0.4) is 0 Å². The summed E-state index contributed by atoms with van der Waals surface area (Å²) in [5.41, 5.74) is 4.48. The molecule has 0 saturated carbocycles. The summed E-state index contributed by atoms with van der Waals surface area (Å²) in [5, 5.41) is 4.72. The molecule has 3 aromatic heterocycles. The third-order valence-electron chi connectivity index (χ3n) is 6.25. The number of morpholine rings is 1. The van der Waals surface area contributed by atoms with E-state index in [-0.39, 0.29) is 11.7 Å². The zero-order valence-corrected chi connectivity index (χ0v) is 20.5. The number of rotatable bonds is 5. The summed E-state index contributed by atoms with van der Waals surface area (Å²) in [5.74, 6) is 1.34. The van der Waals surface area contributed by atoms with E-state index >= 15 is 0 Å². The molecule has 4 heterocycles. The normalized spacial score (nSPS) is 15.9. The molecule has 0 amide bonds. The van der Waals surface area contributed by atoms with E-state index in [2.05, 4.69) is 41.2 Å². The third kappa shape index (κ3) is 4.70. The van der Waals surface area contributed by atoms with Gasteiger partial charge in [-0.3, -0.25) is 4.79 Å². The average molecular weight is 471 g/mol. The maximum Gasteiger partial charge on any atom is 0.259 e. The summed E-state index contributed by atoms with van der Waals surface area (Å²) in [6.07, 6.45) is 1.87. The molecule has 35 heavy (non-hydrogen) atoms. The van der Waals surface area contributed by atoms with E-state index in [0.717, 1.165) is 47.8 Å². The van der Waals surface area contributed by atoms with Gasteiger partial charge in [-0.05, 0) is 67.3 Å².